The van der Waals surface area contributed by atoms with Crippen molar-refractivity contribution >= 4 is 11.8 Å². The van der Waals surface area contributed by atoms with E-state index >= 15 is 0 Å². The average Bonchev–Trinajstić information content (AvgIpc) is 2.87. The average molecular weight is 261 g/mol. The Bertz CT molecular complexity index is 553. The highest BCUT2D eigenvalue weighted by Crippen LogP contribution is 2.13. The Morgan fingerprint density at radius 1 is 1.47 bits per heavy atom. The SMILES string of the molecule is Cc1ccc(C(=O)O)c(NCCCn2ccnn2)n1. The second-order valence-electron chi connectivity index (χ2n) is 4.10. The van der Waals surface area contributed by atoms with E-state index in [9.17, 15) is 4.79 Å². The molecule has 0 aliphatic carbocycles. The third kappa shape index (κ3) is 3.51. The molecule has 0 aliphatic rings. The van der Waals surface area contributed by atoms with Crippen LogP contribution in [0.1, 0.15) is 22.5 Å². The largest absolute Gasteiger partial charge is 0.478 e. The second-order valence-corrected chi connectivity index (χ2v) is 4.10. The molecule has 0 spiro atoms. The fourth-order valence-corrected chi connectivity index (χ4v) is 1.66. The van der Waals surface area contributed by atoms with Crippen LogP contribution in [0.15, 0.2) is 24.5 Å². The van der Waals surface area contributed by atoms with Crippen molar-refractivity contribution in [2.24, 2.45) is 0 Å². The van der Waals surface area contributed by atoms with Gasteiger partial charge in [0.1, 0.15) is 11.4 Å². The van der Waals surface area contributed by atoms with Gasteiger partial charge in [0.2, 0.25) is 0 Å². The number of aryl methyl sites for hydroxylation is 2. The Labute approximate surface area is 110 Å². The van der Waals surface area contributed by atoms with Crippen LogP contribution >= 0.6 is 0 Å². The van der Waals surface area contributed by atoms with Crippen LogP contribution in [0.5, 0.6) is 0 Å². The molecule has 0 saturated carbocycles. The summed E-state index contributed by atoms with van der Waals surface area (Å²) in [7, 11) is 0. The van der Waals surface area contributed by atoms with Gasteiger partial charge in [-0.2, -0.15) is 0 Å². The van der Waals surface area contributed by atoms with Gasteiger partial charge in [0.15, 0.2) is 0 Å². The normalized spacial score (nSPS) is 10.4. The second kappa shape index (κ2) is 5.94. The molecule has 0 amide bonds. The summed E-state index contributed by atoms with van der Waals surface area (Å²) in [5.74, 6) is -0.572. The molecule has 0 aromatic carbocycles. The summed E-state index contributed by atoms with van der Waals surface area (Å²) < 4.78 is 1.73. The number of aromatic carboxylic acids is 1. The predicted molar refractivity (Wildman–Crippen MR) is 69.1 cm³/mol. The molecule has 2 aromatic rings. The van der Waals surface area contributed by atoms with E-state index in [1.165, 1.54) is 0 Å². The third-order valence-electron chi connectivity index (χ3n) is 2.59. The van der Waals surface area contributed by atoms with E-state index in [1.54, 1.807) is 29.2 Å². The van der Waals surface area contributed by atoms with Gasteiger partial charge < -0.3 is 10.4 Å². The molecule has 7 nitrogen and oxygen atoms in total. The molecule has 19 heavy (non-hydrogen) atoms. The Hall–Kier alpha value is -2.44. The van der Waals surface area contributed by atoms with Crippen molar-refractivity contribution in [2.75, 3.05) is 11.9 Å². The van der Waals surface area contributed by atoms with Gasteiger partial charge in [0.25, 0.3) is 0 Å². The number of carbonyl (C=O) groups is 1. The number of carboxylic acids is 1. The lowest BCUT2D eigenvalue weighted by Gasteiger charge is -2.09. The molecule has 0 saturated heterocycles. The number of hydrogen-bond donors (Lipinski definition) is 2. The Balaban J connectivity index is 1.91. The van der Waals surface area contributed by atoms with Gasteiger partial charge in [-0.25, -0.2) is 9.78 Å². The lowest BCUT2D eigenvalue weighted by molar-refractivity contribution is 0.0697. The minimum Gasteiger partial charge on any atom is -0.478 e. The fourth-order valence-electron chi connectivity index (χ4n) is 1.66. The maximum atomic E-state index is 11.1. The number of rotatable bonds is 6. The number of hydrogen-bond acceptors (Lipinski definition) is 5. The van der Waals surface area contributed by atoms with Crippen LogP contribution in [-0.4, -0.2) is 37.6 Å². The van der Waals surface area contributed by atoms with E-state index in [-0.39, 0.29) is 5.56 Å². The van der Waals surface area contributed by atoms with Gasteiger partial charge in [0.05, 0.1) is 6.20 Å². The van der Waals surface area contributed by atoms with Crippen molar-refractivity contribution in [3.05, 3.63) is 35.8 Å². The molecular formula is C12H15N5O2. The van der Waals surface area contributed by atoms with Crippen molar-refractivity contribution in [3.8, 4) is 0 Å². The molecule has 2 heterocycles. The fraction of sp³-hybridized carbons (Fsp3) is 0.333. The first-order valence-corrected chi connectivity index (χ1v) is 5.96. The first-order valence-electron chi connectivity index (χ1n) is 5.96. The highest BCUT2D eigenvalue weighted by molar-refractivity contribution is 5.93. The van der Waals surface area contributed by atoms with Crippen molar-refractivity contribution in [1.29, 1.82) is 0 Å². The summed E-state index contributed by atoms with van der Waals surface area (Å²) in [5, 5.41) is 19.7. The summed E-state index contributed by atoms with van der Waals surface area (Å²) in [6.07, 6.45) is 4.21. The number of nitrogens with one attached hydrogen (secondary N) is 1. The van der Waals surface area contributed by atoms with E-state index in [0.29, 0.717) is 12.4 Å². The molecule has 0 bridgehead atoms. The van der Waals surface area contributed by atoms with E-state index < -0.39 is 5.97 Å². The maximum Gasteiger partial charge on any atom is 0.339 e. The third-order valence-corrected chi connectivity index (χ3v) is 2.59. The lowest BCUT2D eigenvalue weighted by Crippen LogP contribution is -2.12. The molecule has 100 valence electrons. The van der Waals surface area contributed by atoms with Gasteiger partial charge in [-0.1, -0.05) is 5.21 Å². The standard InChI is InChI=1S/C12H15N5O2/c1-9-3-4-10(12(18)19)11(15-9)13-5-2-7-17-8-6-14-16-17/h3-4,6,8H,2,5,7H2,1H3,(H,13,15)(H,18,19). The number of aromatic nitrogens is 4. The minimum atomic E-state index is -0.980. The minimum absolute atomic E-state index is 0.186. The first kappa shape index (κ1) is 13.0. The Morgan fingerprint density at radius 3 is 3.00 bits per heavy atom. The van der Waals surface area contributed by atoms with Crippen LogP contribution in [0, 0.1) is 6.92 Å². The molecule has 2 N–H and O–H groups in total. The quantitative estimate of drug-likeness (QED) is 0.758. The number of pyridine rings is 1. The Kier molecular flexibility index (Phi) is 4.07. The van der Waals surface area contributed by atoms with Gasteiger partial charge in [-0.3, -0.25) is 4.68 Å². The predicted octanol–water partition coefficient (Wildman–Crippen LogP) is 1.18. The Morgan fingerprint density at radius 2 is 2.32 bits per heavy atom. The maximum absolute atomic E-state index is 11.1. The molecular weight excluding hydrogens is 246 g/mol. The molecule has 0 radical (unpaired) electrons. The molecule has 2 aromatic heterocycles. The van der Waals surface area contributed by atoms with Gasteiger partial charge >= 0.3 is 5.97 Å². The van der Waals surface area contributed by atoms with E-state index in [2.05, 4.69) is 20.6 Å². The van der Waals surface area contributed by atoms with Crippen molar-refractivity contribution in [3.63, 3.8) is 0 Å². The number of anilines is 1. The molecule has 0 aliphatic heterocycles. The molecule has 0 unspecified atom stereocenters. The van der Waals surface area contributed by atoms with Crippen LogP contribution in [-0.2, 0) is 6.54 Å². The van der Waals surface area contributed by atoms with Crippen molar-refractivity contribution in [2.45, 2.75) is 19.9 Å². The summed E-state index contributed by atoms with van der Waals surface area (Å²) in [4.78, 5) is 15.3. The number of nitrogens with zero attached hydrogens (tertiary/aromatic N) is 4. The summed E-state index contributed by atoms with van der Waals surface area (Å²) in [6, 6.07) is 3.24. The lowest BCUT2D eigenvalue weighted by atomic mass is 10.2. The van der Waals surface area contributed by atoms with Crippen LogP contribution < -0.4 is 5.32 Å². The van der Waals surface area contributed by atoms with Crippen LogP contribution in [0.2, 0.25) is 0 Å². The van der Waals surface area contributed by atoms with Crippen LogP contribution in [0.3, 0.4) is 0 Å². The topological polar surface area (TPSA) is 92.9 Å². The van der Waals surface area contributed by atoms with Crippen LogP contribution in [0.25, 0.3) is 0 Å². The molecule has 0 fully saturated rings. The molecule has 2 rings (SSSR count). The van der Waals surface area contributed by atoms with Gasteiger partial charge in [-0.05, 0) is 25.5 Å². The zero-order valence-electron chi connectivity index (χ0n) is 10.6. The van der Waals surface area contributed by atoms with Gasteiger partial charge in [0, 0.05) is 25.0 Å². The monoisotopic (exact) mass is 261 g/mol. The molecule has 7 heteroatoms. The van der Waals surface area contributed by atoms with Crippen molar-refractivity contribution in [1.82, 2.24) is 20.0 Å². The highest BCUT2D eigenvalue weighted by atomic mass is 16.4. The van der Waals surface area contributed by atoms with E-state index in [0.717, 1.165) is 18.7 Å². The molecule has 0 atom stereocenters. The smallest absolute Gasteiger partial charge is 0.339 e. The zero-order valence-corrected chi connectivity index (χ0v) is 10.6. The summed E-state index contributed by atoms with van der Waals surface area (Å²) >= 11 is 0. The van der Waals surface area contributed by atoms with E-state index in [4.69, 9.17) is 5.11 Å². The van der Waals surface area contributed by atoms with Gasteiger partial charge in [-0.15, -0.1) is 5.10 Å². The number of carboxylic acid groups (broad SMARTS) is 1. The highest BCUT2D eigenvalue weighted by Gasteiger charge is 2.10. The van der Waals surface area contributed by atoms with Crippen LogP contribution in [0.4, 0.5) is 5.82 Å². The van der Waals surface area contributed by atoms with Crippen molar-refractivity contribution < 1.29 is 9.90 Å². The van der Waals surface area contributed by atoms with E-state index in [1.807, 2.05) is 6.92 Å². The summed E-state index contributed by atoms with van der Waals surface area (Å²) in [6.45, 7) is 3.17. The zero-order chi connectivity index (χ0) is 13.7. The summed E-state index contributed by atoms with van der Waals surface area (Å²) in [5.41, 5.74) is 0.968. The first-order chi connectivity index (χ1) is 9.16.